The molecule has 0 aromatic rings. The largest absolute Gasteiger partial charge is 0.388 e. The van der Waals surface area contributed by atoms with Gasteiger partial charge in [0.25, 0.3) is 0 Å². The highest BCUT2D eigenvalue weighted by molar-refractivity contribution is 5.81. The summed E-state index contributed by atoms with van der Waals surface area (Å²) in [6.07, 6.45) is 7.95. The van der Waals surface area contributed by atoms with E-state index in [0.29, 0.717) is 25.9 Å². The molecule has 1 rings (SSSR count). The molecule has 2 N–H and O–H groups in total. The molecule has 0 radical (unpaired) electrons. The number of likely N-dealkylation sites (tertiary alicyclic amines) is 1. The van der Waals surface area contributed by atoms with Crippen LogP contribution in [0.5, 0.6) is 0 Å². The summed E-state index contributed by atoms with van der Waals surface area (Å²) in [4.78, 5) is 36.6. The summed E-state index contributed by atoms with van der Waals surface area (Å²) in [6.45, 7) is 15.1. The highest BCUT2D eigenvalue weighted by Crippen LogP contribution is 2.16. The lowest BCUT2D eigenvalue weighted by Crippen LogP contribution is -2.32. The van der Waals surface area contributed by atoms with Gasteiger partial charge < -0.3 is 20.3 Å². The number of amides is 3. The molecule has 0 aliphatic carbocycles. The molecule has 32 heavy (non-hydrogen) atoms. The topological polar surface area (TPSA) is 87.7 Å². The second-order valence-electron chi connectivity index (χ2n) is 8.10. The smallest absolute Gasteiger partial charge is 0.225 e. The summed E-state index contributed by atoms with van der Waals surface area (Å²) in [7, 11) is 3.25. The SMILES string of the molecule is CCC.CCC.CCCNC(=O)CCCCCNC(=O)CCN1CCC(C)C1=O.COC. The monoisotopic (exact) mass is 459 g/mol. The molecule has 7 heteroatoms. The van der Waals surface area contributed by atoms with E-state index in [-0.39, 0.29) is 23.6 Å². The maximum Gasteiger partial charge on any atom is 0.225 e. The van der Waals surface area contributed by atoms with Crippen molar-refractivity contribution < 1.29 is 19.1 Å². The van der Waals surface area contributed by atoms with Crippen molar-refractivity contribution in [2.75, 3.05) is 40.4 Å². The van der Waals surface area contributed by atoms with Crippen LogP contribution in [0.25, 0.3) is 0 Å². The number of unbranched alkanes of at least 4 members (excludes halogenated alkanes) is 2. The number of rotatable bonds is 11. The zero-order valence-electron chi connectivity index (χ0n) is 22.3. The Kier molecular flexibility index (Phi) is 29.9. The molecule has 7 nitrogen and oxygen atoms in total. The summed E-state index contributed by atoms with van der Waals surface area (Å²) in [5, 5.41) is 5.73. The van der Waals surface area contributed by atoms with Crippen molar-refractivity contribution in [1.29, 1.82) is 0 Å². The third-order valence-corrected chi connectivity index (χ3v) is 4.15. The van der Waals surface area contributed by atoms with Crippen LogP contribution in [-0.2, 0) is 19.1 Å². The maximum atomic E-state index is 11.7. The van der Waals surface area contributed by atoms with E-state index in [2.05, 4.69) is 43.1 Å². The standard InChI is InChI=1S/C17H31N3O3.2C3H8.C2H6O/c1-3-10-18-15(21)7-5-4-6-11-19-16(22)9-13-20-12-8-14(2)17(20)23;3*1-3-2/h14H,3-13H2,1-2H3,(H,18,21)(H,19,22);2*3H2,1-2H3;1-2H3. The summed E-state index contributed by atoms with van der Waals surface area (Å²) in [6, 6.07) is 0. The molecule has 0 spiro atoms. The molecule has 3 amide bonds. The van der Waals surface area contributed by atoms with Crippen molar-refractivity contribution in [3.05, 3.63) is 0 Å². The minimum absolute atomic E-state index is 0.00181. The van der Waals surface area contributed by atoms with Gasteiger partial charge >= 0.3 is 0 Å². The van der Waals surface area contributed by atoms with E-state index >= 15 is 0 Å². The number of methoxy groups -OCH3 is 1. The van der Waals surface area contributed by atoms with E-state index < -0.39 is 0 Å². The van der Waals surface area contributed by atoms with Crippen molar-refractivity contribution in [3.8, 4) is 0 Å². The molecule has 1 heterocycles. The van der Waals surface area contributed by atoms with Crippen LogP contribution in [-0.4, -0.2) is 63.0 Å². The fraction of sp³-hybridized carbons (Fsp3) is 0.880. The Morgan fingerprint density at radius 3 is 1.88 bits per heavy atom. The van der Waals surface area contributed by atoms with E-state index in [1.165, 1.54) is 12.8 Å². The molecular formula is C25H53N3O4. The van der Waals surface area contributed by atoms with Crippen LogP contribution in [0.1, 0.15) is 99.3 Å². The van der Waals surface area contributed by atoms with Gasteiger partial charge in [-0.2, -0.15) is 0 Å². The molecule has 1 unspecified atom stereocenters. The molecule has 1 aliphatic rings. The third-order valence-electron chi connectivity index (χ3n) is 4.15. The highest BCUT2D eigenvalue weighted by Gasteiger charge is 2.27. The maximum absolute atomic E-state index is 11.7. The number of carbonyl (C=O) groups excluding carboxylic acids is 3. The molecule has 0 saturated carbocycles. The molecule has 192 valence electrons. The van der Waals surface area contributed by atoms with Gasteiger partial charge in [0, 0.05) is 59.2 Å². The average molecular weight is 460 g/mol. The van der Waals surface area contributed by atoms with Crippen molar-refractivity contribution in [2.24, 2.45) is 5.92 Å². The first-order chi connectivity index (χ1) is 15.3. The Morgan fingerprint density at radius 1 is 0.906 bits per heavy atom. The van der Waals surface area contributed by atoms with Gasteiger partial charge in [-0.25, -0.2) is 0 Å². The third kappa shape index (κ3) is 24.6. The highest BCUT2D eigenvalue weighted by atomic mass is 16.4. The van der Waals surface area contributed by atoms with Gasteiger partial charge in [-0.1, -0.05) is 60.8 Å². The number of hydrogen-bond acceptors (Lipinski definition) is 4. The first-order valence-corrected chi connectivity index (χ1v) is 12.5. The number of nitrogens with one attached hydrogen (secondary N) is 2. The Balaban J connectivity index is -0.000000801. The van der Waals surface area contributed by atoms with Crippen LogP contribution in [0.3, 0.4) is 0 Å². The van der Waals surface area contributed by atoms with E-state index in [4.69, 9.17) is 0 Å². The van der Waals surface area contributed by atoms with E-state index in [0.717, 1.165) is 45.2 Å². The molecule has 0 aromatic heterocycles. The van der Waals surface area contributed by atoms with Gasteiger partial charge in [-0.05, 0) is 25.7 Å². The van der Waals surface area contributed by atoms with Crippen molar-refractivity contribution in [1.82, 2.24) is 15.5 Å². The molecule has 1 aliphatic heterocycles. The second kappa shape index (κ2) is 27.4. The Hall–Kier alpha value is -1.63. The Morgan fingerprint density at radius 2 is 1.41 bits per heavy atom. The molecular weight excluding hydrogens is 406 g/mol. The van der Waals surface area contributed by atoms with E-state index in [9.17, 15) is 14.4 Å². The zero-order chi connectivity index (χ0) is 25.2. The van der Waals surface area contributed by atoms with Crippen LogP contribution >= 0.6 is 0 Å². The summed E-state index contributed by atoms with van der Waals surface area (Å²) < 4.78 is 4.25. The molecule has 1 atom stereocenters. The summed E-state index contributed by atoms with van der Waals surface area (Å²) in [5.74, 6) is 0.380. The van der Waals surface area contributed by atoms with Gasteiger partial charge in [-0.3, -0.25) is 14.4 Å². The minimum Gasteiger partial charge on any atom is -0.388 e. The predicted octanol–water partition coefficient (Wildman–Crippen LogP) is 4.54. The van der Waals surface area contributed by atoms with E-state index in [1.54, 1.807) is 19.1 Å². The Labute approximate surface area is 198 Å². The van der Waals surface area contributed by atoms with Crippen LogP contribution < -0.4 is 10.6 Å². The van der Waals surface area contributed by atoms with Crippen LogP contribution in [0.4, 0.5) is 0 Å². The van der Waals surface area contributed by atoms with Gasteiger partial charge in [0.1, 0.15) is 0 Å². The predicted molar refractivity (Wildman–Crippen MR) is 135 cm³/mol. The average Bonchev–Trinajstić information content (AvgIpc) is 3.07. The number of carbonyl (C=O) groups is 3. The van der Waals surface area contributed by atoms with Gasteiger partial charge in [0.05, 0.1) is 0 Å². The quantitative estimate of drug-likeness (QED) is 0.444. The lowest BCUT2D eigenvalue weighted by molar-refractivity contribution is -0.131. The summed E-state index contributed by atoms with van der Waals surface area (Å²) >= 11 is 0. The molecule has 1 fully saturated rings. The molecule has 0 aromatic carbocycles. The minimum atomic E-state index is -0.00181. The first-order valence-electron chi connectivity index (χ1n) is 12.5. The summed E-state index contributed by atoms with van der Waals surface area (Å²) in [5.41, 5.74) is 0. The zero-order valence-corrected chi connectivity index (χ0v) is 22.3. The van der Waals surface area contributed by atoms with Crippen molar-refractivity contribution in [2.45, 2.75) is 99.3 Å². The van der Waals surface area contributed by atoms with Crippen LogP contribution in [0.15, 0.2) is 0 Å². The number of nitrogens with zero attached hydrogens (tertiary/aromatic N) is 1. The van der Waals surface area contributed by atoms with Crippen LogP contribution in [0, 0.1) is 5.92 Å². The molecule has 0 bridgehead atoms. The van der Waals surface area contributed by atoms with E-state index in [1.807, 2.05) is 13.8 Å². The normalized spacial score (nSPS) is 14.2. The lowest BCUT2D eigenvalue weighted by Gasteiger charge is -2.15. The van der Waals surface area contributed by atoms with Gasteiger partial charge in [0.2, 0.25) is 17.7 Å². The number of hydrogen-bond donors (Lipinski definition) is 2. The Bertz CT molecular complexity index is 440. The van der Waals surface area contributed by atoms with Crippen molar-refractivity contribution in [3.63, 3.8) is 0 Å². The lowest BCUT2D eigenvalue weighted by atomic mass is 10.1. The fourth-order valence-corrected chi connectivity index (χ4v) is 2.61. The van der Waals surface area contributed by atoms with Gasteiger partial charge in [0.15, 0.2) is 0 Å². The van der Waals surface area contributed by atoms with Gasteiger partial charge in [-0.15, -0.1) is 0 Å². The second-order valence-corrected chi connectivity index (χ2v) is 8.10. The fourth-order valence-electron chi connectivity index (χ4n) is 2.61. The molecule has 1 saturated heterocycles. The first kappa shape index (κ1) is 35.0. The van der Waals surface area contributed by atoms with Crippen LogP contribution in [0.2, 0.25) is 0 Å². The van der Waals surface area contributed by atoms with Crippen molar-refractivity contribution >= 4 is 17.7 Å². The number of ether oxygens (including phenoxy) is 1.